The molecule has 1 N–H and O–H groups in total. The molecule has 0 radical (unpaired) electrons. The van der Waals surface area contributed by atoms with Crippen molar-refractivity contribution in [2.75, 3.05) is 11.9 Å². The summed E-state index contributed by atoms with van der Waals surface area (Å²) in [5.74, 6) is 2.45. The first kappa shape index (κ1) is 6.56. The lowest BCUT2D eigenvalue weighted by Crippen LogP contribution is -1.98. The molecule has 0 atom stereocenters. The van der Waals surface area contributed by atoms with Crippen LogP contribution in [0.15, 0.2) is 18.7 Å². The molecule has 1 aromatic rings. The monoisotopic (exact) mass is 133 g/mol. The first-order valence-corrected chi connectivity index (χ1v) is 2.86. The summed E-state index contributed by atoms with van der Waals surface area (Å²) in [6.45, 7) is 0.507. The topological polar surface area (TPSA) is 37.8 Å². The SMILES string of the molecule is C#CCNc1cncnc1. The predicted molar refractivity (Wildman–Crippen MR) is 39.4 cm³/mol. The molecule has 50 valence electrons. The van der Waals surface area contributed by atoms with Crippen molar-refractivity contribution in [3.63, 3.8) is 0 Å². The first-order chi connectivity index (χ1) is 4.93. The third-order valence-corrected chi connectivity index (χ3v) is 0.955. The van der Waals surface area contributed by atoms with Crippen LogP contribution < -0.4 is 5.32 Å². The predicted octanol–water partition coefficient (Wildman–Crippen LogP) is 0.522. The molecule has 0 aliphatic carbocycles. The fourth-order valence-electron chi connectivity index (χ4n) is 0.543. The summed E-state index contributed by atoms with van der Waals surface area (Å²) < 4.78 is 0. The van der Waals surface area contributed by atoms with Crippen LogP contribution in [0.4, 0.5) is 5.69 Å². The van der Waals surface area contributed by atoms with Gasteiger partial charge in [0.15, 0.2) is 0 Å². The molecule has 0 aliphatic rings. The summed E-state index contributed by atoms with van der Waals surface area (Å²) in [5, 5.41) is 2.93. The Morgan fingerprint density at radius 3 is 2.80 bits per heavy atom. The molecule has 0 fully saturated rings. The van der Waals surface area contributed by atoms with E-state index in [2.05, 4.69) is 21.2 Å². The Hall–Kier alpha value is -1.56. The highest BCUT2D eigenvalue weighted by Gasteiger charge is 1.85. The van der Waals surface area contributed by atoms with Gasteiger partial charge in [-0.15, -0.1) is 6.42 Å². The van der Waals surface area contributed by atoms with Crippen molar-refractivity contribution < 1.29 is 0 Å². The molecule has 10 heavy (non-hydrogen) atoms. The Bertz CT molecular complexity index is 224. The lowest BCUT2D eigenvalue weighted by atomic mass is 10.5. The van der Waals surface area contributed by atoms with Gasteiger partial charge in [0, 0.05) is 0 Å². The number of nitrogens with zero attached hydrogens (tertiary/aromatic N) is 2. The third-order valence-electron chi connectivity index (χ3n) is 0.955. The maximum absolute atomic E-state index is 5.02. The summed E-state index contributed by atoms with van der Waals surface area (Å²) in [6, 6.07) is 0. The highest BCUT2D eigenvalue weighted by molar-refractivity contribution is 5.38. The van der Waals surface area contributed by atoms with E-state index in [1.54, 1.807) is 12.4 Å². The second kappa shape index (κ2) is 3.46. The molecule has 3 heteroatoms. The summed E-state index contributed by atoms with van der Waals surface area (Å²) in [5.41, 5.74) is 0.848. The van der Waals surface area contributed by atoms with Crippen molar-refractivity contribution in [1.29, 1.82) is 0 Å². The zero-order chi connectivity index (χ0) is 7.23. The standard InChI is InChI=1S/C7H7N3/c1-2-3-10-7-4-8-6-9-5-7/h1,4-6,10H,3H2. The van der Waals surface area contributed by atoms with Crippen LogP contribution in [0.5, 0.6) is 0 Å². The van der Waals surface area contributed by atoms with Crippen LogP contribution in [0.25, 0.3) is 0 Å². The van der Waals surface area contributed by atoms with Gasteiger partial charge in [-0.05, 0) is 0 Å². The largest absolute Gasteiger partial charge is 0.372 e. The van der Waals surface area contributed by atoms with Crippen molar-refractivity contribution in [3.05, 3.63) is 18.7 Å². The molecular weight excluding hydrogens is 126 g/mol. The van der Waals surface area contributed by atoms with Crippen molar-refractivity contribution in [2.45, 2.75) is 0 Å². The van der Waals surface area contributed by atoms with Gasteiger partial charge in [0.05, 0.1) is 24.6 Å². The fourth-order valence-corrected chi connectivity index (χ4v) is 0.543. The molecule has 1 rings (SSSR count). The number of terminal acetylenes is 1. The summed E-state index contributed by atoms with van der Waals surface area (Å²) >= 11 is 0. The second-order valence-corrected chi connectivity index (χ2v) is 1.68. The van der Waals surface area contributed by atoms with Gasteiger partial charge < -0.3 is 5.32 Å². The van der Waals surface area contributed by atoms with Crippen LogP contribution in [-0.4, -0.2) is 16.5 Å². The van der Waals surface area contributed by atoms with E-state index < -0.39 is 0 Å². The second-order valence-electron chi connectivity index (χ2n) is 1.68. The minimum Gasteiger partial charge on any atom is -0.372 e. The zero-order valence-electron chi connectivity index (χ0n) is 5.41. The molecule has 0 spiro atoms. The van der Waals surface area contributed by atoms with Crippen molar-refractivity contribution in [2.24, 2.45) is 0 Å². The molecule has 1 heterocycles. The molecule has 0 aliphatic heterocycles. The maximum Gasteiger partial charge on any atom is 0.115 e. The lowest BCUT2D eigenvalue weighted by molar-refractivity contribution is 1.15. The van der Waals surface area contributed by atoms with E-state index in [0.29, 0.717) is 6.54 Å². The van der Waals surface area contributed by atoms with Crippen LogP contribution in [0.3, 0.4) is 0 Å². The Kier molecular flexibility index (Phi) is 2.27. The molecule has 0 saturated heterocycles. The van der Waals surface area contributed by atoms with Crippen LogP contribution in [0, 0.1) is 12.3 Å². The minimum absolute atomic E-state index is 0.507. The number of nitrogens with one attached hydrogen (secondary N) is 1. The van der Waals surface area contributed by atoms with E-state index in [1.807, 2.05) is 0 Å². The molecule has 0 bridgehead atoms. The van der Waals surface area contributed by atoms with E-state index >= 15 is 0 Å². The highest BCUT2D eigenvalue weighted by atomic mass is 14.9. The van der Waals surface area contributed by atoms with Crippen LogP contribution in [0.1, 0.15) is 0 Å². The van der Waals surface area contributed by atoms with Crippen molar-refractivity contribution >= 4 is 5.69 Å². The molecule has 0 amide bonds. The van der Waals surface area contributed by atoms with Gasteiger partial charge in [-0.2, -0.15) is 0 Å². The van der Waals surface area contributed by atoms with Gasteiger partial charge in [0.1, 0.15) is 6.33 Å². The summed E-state index contributed by atoms with van der Waals surface area (Å²) in [7, 11) is 0. The first-order valence-electron chi connectivity index (χ1n) is 2.86. The molecule has 0 saturated carbocycles. The number of hydrogen-bond donors (Lipinski definition) is 1. The van der Waals surface area contributed by atoms with Crippen molar-refractivity contribution in [1.82, 2.24) is 9.97 Å². The molecular formula is C7H7N3. The third kappa shape index (κ3) is 1.75. The van der Waals surface area contributed by atoms with E-state index in [4.69, 9.17) is 6.42 Å². The van der Waals surface area contributed by atoms with E-state index in [1.165, 1.54) is 6.33 Å². The van der Waals surface area contributed by atoms with E-state index in [-0.39, 0.29) is 0 Å². The minimum atomic E-state index is 0.507. The van der Waals surface area contributed by atoms with Gasteiger partial charge in [-0.1, -0.05) is 5.92 Å². The maximum atomic E-state index is 5.02. The Labute approximate surface area is 59.5 Å². The average molecular weight is 133 g/mol. The molecule has 0 unspecified atom stereocenters. The van der Waals surface area contributed by atoms with Crippen LogP contribution >= 0.6 is 0 Å². The summed E-state index contributed by atoms with van der Waals surface area (Å²) in [4.78, 5) is 7.59. The Balaban J connectivity index is 2.52. The summed E-state index contributed by atoms with van der Waals surface area (Å²) in [6.07, 6.45) is 9.84. The van der Waals surface area contributed by atoms with Crippen LogP contribution in [0.2, 0.25) is 0 Å². The fraction of sp³-hybridized carbons (Fsp3) is 0.143. The van der Waals surface area contributed by atoms with Gasteiger partial charge in [-0.3, -0.25) is 0 Å². The molecule has 1 aromatic heterocycles. The number of hydrogen-bond acceptors (Lipinski definition) is 3. The van der Waals surface area contributed by atoms with Gasteiger partial charge in [0.25, 0.3) is 0 Å². The Morgan fingerprint density at radius 1 is 1.50 bits per heavy atom. The average Bonchev–Trinajstić information content (AvgIpc) is 2.03. The highest BCUT2D eigenvalue weighted by Crippen LogP contribution is 1.97. The van der Waals surface area contributed by atoms with Gasteiger partial charge in [0.2, 0.25) is 0 Å². The molecule has 0 aromatic carbocycles. The smallest absolute Gasteiger partial charge is 0.115 e. The van der Waals surface area contributed by atoms with E-state index in [9.17, 15) is 0 Å². The quantitative estimate of drug-likeness (QED) is 0.598. The number of anilines is 1. The number of aromatic nitrogens is 2. The van der Waals surface area contributed by atoms with Gasteiger partial charge in [-0.25, -0.2) is 9.97 Å². The zero-order valence-corrected chi connectivity index (χ0v) is 5.41. The lowest BCUT2D eigenvalue weighted by Gasteiger charge is -1.97. The van der Waals surface area contributed by atoms with E-state index in [0.717, 1.165) is 5.69 Å². The Morgan fingerprint density at radius 2 is 2.20 bits per heavy atom. The normalized spacial score (nSPS) is 8.30. The van der Waals surface area contributed by atoms with Crippen LogP contribution in [-0.2, 0) is 0 Å². The molecule has 3 nitrogen and oxygen atoms in total. The van der Waals surface area contributed by atoms with Crippen molar-refractivity contribution in [3.8, 4) is 12.3 Å². The van der Waals surface area contributed by atoms with Gasteiger partial charge >= 0.3 is 0 Å². The number of rotatable bonds is 2.